The van der Waals surface area contributed by atoms with Gasteiger partial charge in [0.15, 0.2) is 5.65 Å². The number of nitrogens with zero attached hydrogens (tertiary/aromatic N) is 3. The van der Waals surface area contributed by atoms with Gasteiger partial charge in [-0.25, -0.2) is 4.98 Å². The molecule has 0 unspecified atom stereocenters. The predicted molar refractivity (Wildman–Crippen MR) is 52.3 cm³/mol. The lowest BCUT2D eigenvalue weighted by molar-refractivity contribution is 0.755. The Kier molecular flexibility index (Phi) is 1.88. The van der Waals surface area contributed by atoms with Crippen molar-refractivity contribution in [2.75, 3.05) is 0 Å². The van der Waals surface area contributed by atoms with Gasteiger partial charge in [0.1, 0.15) is 6.33 Å². The number of aryl methyl sites for hydroxylation is 1. The van der Waals surface area contributed by atoms with Gasteiger partial charge in [0.05, 0.1) is 4.51 Å². The van der Waals surface area contributed by atoms with Gasteiger partial charge in [-0.1, -0.05) is 19.1 Å². The van der Waals surface area contributed by atoms with E-state index in [0.717, 1.165) is 27.8 Å². The zero-order valence-corrected chi connectivity index (χ0v) is 8.35. The molecule has 0 saturated heterocycles. The summed E-state index contributed by atoms with van der Waals surface area (Å²) in [6.07, 6.45) is 2.42. The molecule has 0 spiro atoms. The van der Waals surface area contributed by atoms with Crippen LogP contribution in [0.2, 0.25) is 0 Å². The molecule has 2 rings (SSSR count). The van der Waals surface area contributed by atoms with Crippen molar-refractivity contribution in [3.8, 4) is 0 Å². The van der Waals surface area contributed by atoms with Crippen LogP contribution in [0.1, 0.15) is 18.2 Å². The monoisotopic (exact) mass is 194 g/mol. The molecular weight excluding hydrogens is 184 g/mol. The number of fused-ring (bicyclic) bond motifs is 1. The molecule has 0 aromatic carbocycles. The van der Waals surface area contributed by atoms with Gasteiger partial charge in [-0.05, 0) is 18.9 Å². The Labute approximate surface area is 80.6 Å². The largest absolute Gasteiger partial charge is 0.280 e. The normalized spacial score (nSPS) is 10.9. The summed E-state index contributed by atoms with van der Waals surface area (Å²) in [5, 5.41) is 7.15. The molecular formula is C8H10N4S. The molecule has 0 aliphatic carbocycles. The fourth-order valence-corrected chi connectivity index (χ4v) is 1.60. The van der Waals surface area contributed by atoms with E-state index in [1.807, 2.05) is 6.92 Å². The fraction of sp³-hybridized carbons (Fsp3) is 0.375. The summed E-state index contributed by atoms with van der Waals surface area (Å²) in [5.74, 6) is 0. The quantitative estimate of drug-likeness (QED) is 0.702. The van der Waals surface area contributed by atoms with Crippen molar-refractivity contribution in [1.82, 2.24) is 19.8 Å². The van der Waals surface area contributed by atoms with Crippen molar-refractivity contribution in [1.29, 1.82) is 0 Å². The smallest absolute Gasteiger partial charge is 0.192 e. The van der Waals surface area contributed by atoms with E-state index in [0.29, 0.717) is 0 Å². The average Bonchev–Trinajstić information content (AvgIpc) is 2.59. The molecule has 1 N–H and O–H groups in total. The lowest BCUT2D eigenvalue weighted by Crippen LogP contribution is -2.02. The summed E-state index contributed by atoms with van der Waals surface area (Å²) in [5.41, 5.74) is 2.94. The minimum atomic E-state index is 0.727. The van der Waals surface area contributed by atoms with Gasteiger partial charge < -0.3 is 0 Å². The Morgan fingerprint density at radius 2 is 2.38 bits per heavy atom. The van der Waals surface area contributed by atoms with Crippen molar-refractivity contribution in [2.45, 2.75) is 20.3 Å². The number of H-pyrrole nitrogens is 1. The maximum Gasteiger partial charge on any atom is 0.192 e. The van der Waals surface area contributed by atoms with E-state index < -0.39 is 0 Å². The third-order valence-electron chi connectivity index (χ3n) is 2.14. The van der Waals surface area contributed by atoms with Crippen LogP contribution in [0, 0.1) is 11.4 Å². The molecule has 2 aromatic rings. The van der Waals surface area contributed by atoms with E-state index in [1.165, 1.54) is 6.33 Å². The van der Waals surface area contributed by atoms with E-state index in [-0.39, 0.29) is 0 Å². The van der Waals surface area contributed by atoms with Crippen LogP contribution in [-0.2, 0) is 6.42 Å². The molecule has 68 valence electrons. The molecule has 4 nitrogen and oxygen atoms in total. The van der Waals surface area contributed by atoms with E-state index >= 15 is 0 Å². The molecule has 0 saturated carbocycles. The zero-order chi connectivity index (χ0) is 9.42. The van der Waals surface area contributed by atoms with Crippen LogP contribution < -0.4 is 0 Å². The number of aromatic amines is 1. The second-order valence-corrected chi connectivity index (χ2v) is 3.30. The predicted octanol–water partition coefficient (Wildman–Crippen LogP) is 1.66. The molecule has 2 aromatic heterocycles. The van der Waals surface area contributed by atoms with Crippen molar-refractivity contribution in [3.05, 3.63) is 22.1 Å². The molecule has 0 aliphatic heterocycles. The molecule has 5 heteroatoms. The maximum atomic E-state index is 5.26. The Balaban J connectivity index is 2.92. The summed E-state index contributed by atoms with van der Waals surface area (Å²) in [7, 11) is 0. The van der Waals surface area contributed by atoms with Crippen LogP contribution >= 0.6 is 12.2 Å². The van der Waals surface area contributed by atoms with E-state index in [2.05, 4.69) is 22.1 Å². The lowest BCUT2D eigenvalue weighted by Gasteiger charge is -2.03. The van der Waals surface area contributed by atoms with Crippen LogP contribution in [-0.4, -0.2) is 19.8 Å². The molecule has 13 heavy (non-hydrogen) atoms. The molecule has 0 amide bonds. The Hall–Kier alpha value is -1.23. The van der Waals surface area contributed by atoms with Gasteiger partial charge in [-0.2, -0.15) is 4.63 Å². The molecule has 0 radical (unpaired) electrons. The SMILES string of the molecule is CCc1[nH]n2ncnc2c(=S)c1C. The number of nitrogens with one attached hydrogen (secondary N) is 1. The van der Waals surface area contributed by atoms with E-state index in [1.54, 1.807) is 4.63 Å². The van der Waals surface area contributed by atoms with Gasteiger partial charge in [0, 0.05) is 5.69 Å². The molecule has 2 heterocycles. The fourth-order valence-electron chi connectivity index (χ4n) is 1.34. The van der Waals surface area contributed by atoms with Crippen molar-refractivity contribution in [3.63, 3.8) is 0 Å². The summed E-state index contributed by atoms with van der Waals surface area (Å²) in [6.45, 7) is 4.09. The highest BCUT2D eigenvalue weighted by molar-refractivity contribution is 7.71. The van der Waals surface area contributed by atoms with E-state index in [9.17, 15) is 0 Å². The molecule has 0 atom stereocenters. The first-order chi connectivity index (χ1) is 6.24. The number of aromatic nitrogens is 4. The van der Waals surface area contributed by atoms with Gasteiger partial charge >= 0.3 is 0 Å². The van der Waals surface area contributed by atoms with Crippen molar-refractivity contribution < 1.29 is 0 Å². The van der Waals surface area contributed by atoms with Crippen LogP contribution in [0.15, 0.2) is 6.33 Å². The van der Waals surface area contributed by atoms with Gasteiger partial charge in [-0.15, -0.1) is 5.10 Å². The highest BCUT2D eigenvalue weighted by Gasteiger charge is 2.04. The second-order valence-electron chi connectivity index (χ2n) is 2.89. The summed E-state index contributed by atoms with van der Waals surface area (Å²) >= 11 is 5.26. The van der Waals surface area contributed by atoms with Crippen molar-refractivity contribution >= 4 is 17.9 Å². The van der Waals surface area contributed by atoms with E-state index in [4.69, 9.17) is 12.2 Å². The van der Waals surface area contributed by atoms with Crippen molar-refractivity contribution in [2.24, 2.45) is 0 Å². The van der Waals surface area contributed by atoms with Crippen LogP contribution in [0.3, 0.4) is 0 Å². The number of rotatable bonds is 1. The minimum Gasteiger partial charge on any atom is -0.280 e. The molecule has 0 bridgehead atoms. The Morgan fingerprint density at radius 1 is 1.62 bits per heavy atom. The second kappa shape index (κ2) is 2.92. The first-order valence-corrected chi connectivity index (χ1v) is 4.56. The summed E-state index contributed by atoms with van der Waals surface area (Å²) in [6, 6.07) is 0. The third kappa shape index (κ3) is 1.16. The average molecular weight is 194 g/mol. The minimum absolute atomic E-state index is 0.727. The third-order valence-corrected chi connectivity index (χ3v) is 2.63. The van der Waals surface area contributed by atoms with Crippen LogP contribution in [0.5, 0.6) is 0 Å². The van der Waals surface area contributed by atoms with Crippen LogP contribution in [0.4, 0.5) is 0 Å². The number of hydrogen-bond acceptors (Lipinski definition) is 3. The summed E-state index contributed by atoms with van der Waals surface area (Å²) in [4.78, 5) is 4.07. The van der Waals surface area contributed by atoms with Gasteiger partial charge in [-0.3, -0.25) is 5.10 Å². The lowest BCUT2D eigenvalue weighted by atomic mass is 10.2. The maximum absolute atomic E-state index is 5.26. The first-order valence-electron chi connectivity index (χ1n) is 4.15. The zero-order valence-electron chi connectivity index (χ0n) is 7.53. The summed E-state index contributed by atoms with van der Waals surface area (Å²) < 4.78 is 2.40. The molecule has 0 fully saturated rings. The highest BCUT2D eigenvalue weighted by atomic mass is 32.1. The Bertz CT molecular complexity index is 496. The van der Waals surface area contributed by atoms with Gasteiger partial charge in [0.25, 0.3) is 0 Å². The molecule has 0 aliphatic rings. The van der Waals surface area contributed by atoms with Crippen LogP contribution in [0.25, 0.3) is 5.65 Å². The first kappa shape index (κ1) is 8.37. The Morgan fingerprint density at radius 3 is 3.08 bits per heavy atom. The topological polar surface area (TPSA) is 46.0 Å². The standard InChI is InChI=1S/C8H10N4S/c1-3-6-5(2)7(13)8-9-4-10-12(8)11-6/h4,11H,3H2,1-2H3. The highest BCUT2D eigenvalue weighted by Crippen LogP contribution is 2.10. The van der Waals surface area contributed by atoms with Gasteiger partial charge in [0.2, 0.25) is 0 Å². The number of hydrogen-bond donors (Lipinski definition) is 1.